The van der Waals surface area contributed by atoms with Gasteiger partial charge in [0.15, 0.2) is 0 Å². The van der Waals surface area contributed by atoms with Crippen LogP contribution >= 0.6 is 0 Å². The van der Waals surface area contributed by atoms with Crippen LogP contribution in [-0.4, -0.2) is 38.5 Å². The van der Waals surface area contributed by atoms with Crippen molar-refractivity contribution in [3.8, 4) is 0 Å². The quantitative estimate of drug-likeness (QED) is 0.371. The Labute approximate surface area is 103 Å². The molecular weight excluding hydrogens is 220 g/mol. The molecule has 4 heteroatoms. The van der Waals surface area contributed by atoms with Crippen LogP contribution in [0.5, 0.6) is 0 Å². The first-order valence-electron chi connectivity index (χ1n) is 6.31. The Kier molecular flexibility index (Phi) is 7.67. The molecule has 1 saturated carbocycles. The monoisotopic (exact) mass is 242 g/mol. The third-order valence-corrected chi connectivity index (χ3v) is 2.77. The largest absolute Gasteiger partial charge is 0.460 e. The average Bonchev–Trinajstić information content (AvgIpc) is 2.38. The zero-order valence-electron chi connectivity index (χ0n) is 10.4. The highest BCUT2D eigenvalue weighted by molar-refractivity contribution is 5.81. The molecule has 1 fully saturated rings. The van der Waals surface area contributed by atoms with Gasteiger partial charge in [-0.05, 0) is 12.8 Å². The summed E-state index contributed by atoms with van der Waals surface area (Å²) in [6.45, 7) is 5.17. The van der Waals surface area contributed by atoms with E-state index in [9.17, 15) is 4.79 Å². The van der Waals surface area contributed by atoms with E-state index in [1.165, 1.54) is 32.1 Å². The Morgan fingerprint density at radius 1 is 1.12 bits per heavy atom. The third-order valence-electron chi connectivity index (χ3n) is 2.77. The summed E-state index contributed by atoms with van der Waals surface area (Å²) in [5.41, 5.74) is 0. The summed E-state index contributed by atoms with van der Waals surface area (Å²) in [5.74, 6) is -0.410. The van der Waals surface area contributed by atoms with E-state index in [4.69, 9.17) is 14.2 Å². The molecule has 1 aliphatic rings. The molecule has 0 aromatic rings. The van der Waals surface area contributed by atoms with Gasteiger partial charge in [-0.3, -0.25) is 0 Å². The molecule has 0 bridgehead atoms. The predicted molar refractivity (Wildman–Crippen MR) is 64.8 cm³/mol. The summed E-state index contributed by atoms with van der Waals surface area (Å²) in [6.07, 6.45) is 7.82. The van der Waals surface area contributed by atoms with E-state index in [1.54, 1.807) is 0 Å². The van der Waals surface area contributed by atoms with E-state index < -0.39 is 5.97 Å². The minimum atomic E-state index is -0.410. The van der Waals surface area contributed by atoms with Crippen molar-refractivity contribution in [1.82, 2.24) is 0 Å². The lowest BCUT2D eigenvalue weighted by Crippen LogP contribution is -2.19. The molecule has 0 spiro atoms. The van der Waals surface area contributed by atoms with Crippen LogP contribution in [0.25, 0.3) is 0 Å². The summed E-state index contributed by atoms with van der Waals surface area (Å²) in [4.78, 5) is 10.7. The maximum Gasteiger partial charge on any atom is 0.330 e. The van der Waals surface area contributed by atoms with Gasteiger partial charge in [0.1, 0.15) is 6.61 Å². The van der Waals surface area contributed by atoms with E-state index in [-0.39, 0.29) is 6.61 Å². The van der Waals surface area contributed by atoms with Crippen molar-refractivity contribution in [1.29, 1.82) is 0 Å². The Morgan fingerprint density at radius 2 is 1.82 bits per heavy atom. The van der Waals surface area contributed by atoms with E-state index in [2.05, 4.69) is 6.58 Å². The average molecular weight is 242 g/mol. The smallest absolute Gasteiger partial charge is 0.330 e. The van der Waals surface area contributed by atoms with Gasteiger partial charge >= 0.3 is 5.97 Å². The standard InChI is InChI=1S/C13H22O4/c1-2-13(14)17-11-9-15-8-10-16-12-6-4-3-5-7-12/h2,12H,1,3-11H2. The molecule has 4 nitrogen and oxygen atoms in total. The minimum absolute atomic E-state index is 0.272. The van der Waals surface area contributed by atoms with Gasteiger partial charge in [0, 0.05) is 6.08 Å². The zero-order valence-corrected chi connectivity index (χ0v) is 10.4. The molecule has 0 aromatic carbocycles. The second-order valence-electron chi connectivity index (χ2n) is 4.11. The van der Waals surface area contributed by atoms with Gasteiger partial charge in [-0.1, -0.05) is 25.8 Å². The van der Waals surface area contributed by atoms with Gasteiger partial charge in [0.25, 0.3) is 0 Å². The van der Waals surface area contributed by atoms with E-state index in [0.717, 1.165) is 6.08 Å². The van der Waals surface area contributed by atoms with Crippen molar-refractivity contribution in [2.45, 2.75) is 38.2 Å². The first-order chi connectivity index (χ1) is 8.33. The topological polar surface area (TPSA) is 44.8 Å². The second kappa shape index (κ2) is 9.19. The molecule has 0 amide bonds. The molecule has 98 valence electrons. The Hall–Kier alpha value is -0.870. The first kappa shape index (κ1) is 14.2. The molecule has 1 rings (SSSR count). The van der Waals surface area contributed by atoms with Crippen LogP contribution in [0.15, 0.2) is 12.7 Å². The number of esters is 1. The maximum atomic E-state index is 10.7. The fourth-order valence-electron chi connectivity index (χ4n) is 1.87. The number of hydrogen-bond donors (Lipinski definition) is 0. The molecule has 0 saturated heterocycles. The molecule has 0 unspecified atom stereocenters. The van der Waals surface area contributed by atoms with Gasteiger partial charge in [0.05, 0.1) is 25.9 Å². The summed E-state index contributed by atoms with van der Waals surface area (Å²) < 4.78 is 15.7. The van der Waals surface area contributed by atoms with Crippen molar-refractivity contribution in [3.05, 3.63) is 12.7 Å². The number of carbonyl (C=O) groups excluding carboxylic acids is 1. The number of ether oxygens (including phenoxy) is 3. The number of carbonyl (C=O) groups is 1. The van der Waals surface area contributed by atoms with Gasteiger partial charge in [-0.25, -0.2) is 4.79 Å². The van der Waals surface area contributed by atoms with Crippen molar-refractivity contribution < 1.29 is 19.0 Å². The molecule has 0 aliphatic heterocycles. The second-order valence-corrected chi connectivity index (χ2v) is 4.11. The van der Waals surface area contributed by atoms with Gasteiger partial charge < -0.3 is 14.2 Å². The minimum Gasteiger partial charge on any atom is -0.460 e. The molecule has 1 aliphatic carbocycles. The Bertz CT molecular complexity index is 221. The van der Waals surface area contributed by atoms with Crippen molar-refractivity contribution in [2.24, 2.45) is 0 Å². The fourth-order valence-corrected chi connectivity index (χ4v) is 1.87. The van der Waals surface area contributed by atoms with Crippen LogP contribution in [0.1, 0.15) is 32.1 Å². The van der Waals surface area contributed by atoms with Crippen LogP contribution in [0.2, 0.25) is 0 Å². The van der Waals surface area contributed by atoms with Gasteiger partial charge in [-0.15, -0.1) is 0 Å². The molecule has 0 heterocycles. The van der Waals surface area contributed by atoms with Crippen molar-refractivity contribution in [2.75, 3.05) is 26.4 Å². The Morgan fingerprint density at radius 3 is 2.53 bits per heavy atom. The molecular formula is C13H22O4. The lowest BCUT2D eigenvalue weighted by molar-refractivity contribution is -0.139. The van der Waals surface area contributed by atoms with Crippen LogP contribution < -0.4 is 0 Å². The fraction of sp³-hybridized carbons (Fsp3) is 0.769. The highest BCUT2D eigenvalue weighted by atomic mass is 16.6. The normalized spacial score (nSPS) is 16.7. The first-order valence-corrected chi connectivity index (χ1v) is 6.31. The molecule has 0 N–H and O–H groups in total. The Balaban J connectivity index is 1.83. The zero-order chi connectivity index (χ0) is 12.3. The summed E-state index contributed by atoms with van der Waals surface area (Å²) in [5, 5.41) is 0. The lowest BCUT2D eigenvalue weighted by Gasteiger charge is -2.21. The van der Waals surface area contributed by atoms with Crippen LogP contribution in [0.4, 0.5) is 0 Å². The summed E-state index contributed by atoms with van der Waals surface area (Å²) >= 11 is 0. The van der Waals surface area contributed by atoms with Gasteiger partial charge in [0.2, 0.25) is 0 Å². The third kappa shape index (κ3) is 7.13. The van der Waals surface area contributed by atoms with Crippen molar-refractivity contribution in [3.63, 3.8) is 0 Å². The van der Waals surface area contributed by atoms with Gasteiger partial charge in [-0.2, -0.15) is 0 Å². The van der Waals surface area contributed by atoms with E-state index >= 15 is 0 Å². The van der Waals surface area contributed by atoms with Crippen LogP contribution in [0, 0.1) is 0 Å². The van der Waals surface area contributed by atoms with E-state index in [0.29, 0.717) is 25.9 Å². The number of rotatable bonds is 8. The molecule has 17 heavy (non-hydrogen) atoms. The lowest BCUT2D eigenvalue weighted by atomic mass is 9.98. The van der Waals surface area contributed by atoms with Crippen LogP contribution in [-0.2, 0) is 19.0 Å². The van der Waals surface area contributed by atoms with Crippen molar-refractivity contribution >= 4 is 5.97 Å². The van der Waals surface area contributed by atoms with Crippen LogP contribution in [0.3, 0.4) is 0 Å². The maximum absolute atomic E-state index is 10.7. The summed E-state index contributed by atoms with van der Waals surface area (Å²) in [6, 6.07) is 0. The predicted octanol–water partition coefficient (Wildman–Crippen LogP) is 2.08. The highest BCUT2D eigenvalue weighted by Crippen LogP contribution is 2.19. The molecule has 0 radical (unpaired) electrons. The SMILES string of the molecule is C=CC(=O)OCCOCCOC1CCCCC1. The molecule has 0 atom stereocenters. The molecule has 0 aromatic heterocycles. The number of hydrogen-bond acceptors (Lipinski definition) is 4. The highest BCUT2D eigenvalue weighted by Gasteiger charge is 2.12. The van der Waals surface area contributed by atoms with E-state index in [1.807, 2.05) is 0 Å². The summed E-state index contributed by atoms with van der Waals surface area (Å²) in [7, 11) is 0.